The van der Waals surface area contributed by atoms with Gasteiger partial charge in [-0.2, -0.15) is 16.7 Å². The summed E-state index contributed by atoms with van der Waals surface area (Å²) in [6, 6.07) is 0. The molecule has 0 fully saturated rings. The van der Waals surface area contributed by atoms with Crippen molar-refractivity contribution in [1.82, 2.24) is 9.55 Å². The van der Waals surface area contributed by atoms with Crippen molar-refractivity contribution in [3.63, 3.8) is 0 Å². The lowest BCUT2D eigenvalue weighted by Crippen LogP contribution is -2.27. The maximum absolute atomic E-state index is 11.6. The molecule has 0 aliphatic carbocycles. The highest BCUT2D eigenvalue weighted by Gasteiger charge is 2.08. The third-order valence-corrected chi connectivity index (χ3v) is 4.22. The van der Waals surface area contributed by atoms with Gasteiger partial charge in [0, 0.05) is 18.0 Å². The molecule has 0 radical (unpaired) electrons. The molecular weight excluding hydrogens is 276 g/mol. The Kier molecular flexibility index (Phi) is 4.86. The summed E-state index contributed by atoms with van der Waals surface area (Å²) in [4.78, 5) is 15.6. The summed E-state index contributed by atoms with van der Waals surface area (Å²) in [5, 5.41) is 0. The van der Waals surface area contributed by atoms with E-state index in [1.165, 1.54) is 0 Å². The van der Waals surface area contributed by atoms with Gasteiger partial charge in [-0.3, -0.25) is 4.57 Å². The second kappa shape index (κ2) is 5.70. The van der Waals surface area contributed by atoms with Gasteiger partial charge in [0.05, 0.1) is 10.2 Å². The first-order valence-corrected chi connectivity index (χ1v) is 6.84. The highest BCUT2D eigenvalue weighted by molar-refractivity contribution is 9.10. The molecule has 0 amide bonds. The Balaban J connectivity index is 2.97. The topological polar surface area (TPSA) is 34.9 Å². The van der Waals surface area contributed by atoms with Crippen LogP contribution in [0.25, 0.3) is 0 Å². The molecule has 0 atom stereocenters. The number of aryl methyl sites for hydroxylation is 1. The van der Waals surface area contributed by atoms with E-state index in [1.54, 1.807) is 4.57 Å². The highest BCUT2D eigenvalue weighted by Crippen LogP contribution is 2.16. The van der Waals surface area contributed by atoms with E-state index in [0.717, 1.165) is 33.9 Å². The summed E-state index contributed by atoms with van der Waals surface area (Å²) in [6.45, 7) is 6.62. The summed E-state index contributed by atoms with van der Waals surface area (Å²) >= 11 is 5.27. The van der Waals surface area contributed by atoms with Crippen LogP contribution in [0.1, 0.15) is 18.3 Å². The average Bonchev–Trinajstić information content (AvgIpc) is 2.20. The lowest BCUT2D eigenvalue weighted by molar-refractivity contribution is 0.670. The molecule has 84 valence electrons. The molecule has 0 N–H and O–H groups in total. The van der Waals surface area contributed by atoms with E-state index in [1.807, 2.05) is 25.6 Å². The monoisotopic (exact) mass is 290 g/mol. The van der Waals surface area contributed by atoms with Crippen molar-refractivity contribution < 1.29 is 0 Å². The normalized spacial score (nSPS) is 10.7. The van der Waals surface area contributed by atoms with Crippen molar-refractivity contribution in [2.45, 2.75) is 27.3 Å². The van der Waals surface area contributed by atoms with E-state index >= 15 is 0 Å². The molecular formula is C10H15BrN2OS. The van der Waals surface area contributed by atoms with Gasteiger partial charge >= 0.3 is 5.69 Å². The fourth-order valence-electron chi connectivity index (χ4n) is 1.34. The molecule has 5 heteroatoms. The SMILES string of the molecule is CCSCCn1c(C)c(Br)c(C)nc1=O. The molecule has 0 aromatic carbocycles. The lowest BCUT2D eigenvalue weighted by Gasteiger charge is -2.11. The van der Waals surface area contributed by atoms with Gasteiger partial charge in [0.15, 0.2) is 0 Å². The van der Waals surface area contributed by atoms with Crippen LogP contribution >= 0.6 is 27.7 Å². The second-order valence-corrected chi connectivity index (χ2v) is 5.41. The second-order valence-electron chi connectivity index (χ2n) is 3.23. The molecule has 0 spiro atoms. The minimum absolute atomic E-state index is 0.148. The highest BCUT2D eigenvalue weighted by atomic mass is 79.9. The van der Waals surface area contributed by atoms with Crippen LogP contribution in [0.4, 0.5) is 0 Å². The van der Waals surface area contributed by atoms with Gasteiger partial charge in [0.2, 0.25) is 0 Å². The molecule has 0 aliphatic heterocycles. The van der Waals surface area contributed by atoms with Crippen molar-refractivity contribution in [2.75, 3.05) is 11.5 Å². The Morgan fingerprint density at radius 1 is 1.47 bits per heavy atom. The van der Waals surface area contributed by atoms with Crippen LogP contribution in [0.5, 0.6) is 0 Å². The number of thioether (sulfide) groups is 1. The van der Waals surface area contributed by atoms with Crippen molar-refractivity contribution in [2.24, 2.45) is 0 Å². The van der Waals surface area contributed by atoms with Crippen molar-refractivity contribution >= 4 is 27.7 Å². The van der Waals surface area contributed by atoms with Crippen molar-refractivity contribution in [3.05, 3.63) is 26.3 Å². The average molecular weight is 291 g/mol. The molecule has 0 bridgehead atoms. The molecule has 1 rings (SSSR count). The van der Waals surface area contributed by atoms with Gasteiger partial charge in [-0.15, -0.1) is 0 Å². The molecule has 0 unspecified atom stereocenters. The van der Waals surface area contributed by atoms with Gasteiger partial charge < -0.3 is 0 Å². The van der Waals surface area contributed by atoms with E-state index in [4.69, 9.17) is 0 Å². The largest absolute Gasteiger partial charge is 0.348 e. The van der Waals surface area contributed by atoms with E-state index in [-0.39, 0.29) is 5.69 Å². The first kappa shape index (κ1) is 12.8. The third kappa shape index (κ3) is 3.08. The molecule has 0 saturated heterocycles. The Bertz CT molecular complexity index is 403. The van der Waals surface area contributed by atoms with E-state index in [9.17, 15) is 4.79 Å². The van der Waals surface area contributed by atoms with Gasteiger partial charge in [0.25, 0.3) is 0 Å². The summed E-state index contributed by atoms with van der Waals surface area (Å²) < 4.78 is 2.66. The van der Waals surface area contributed by atoms with Crippen LogP contribution in [0.2, 0.25) is 0 Å². The van der Waals surface area contributed by atoms with Crippen molar-refractivity contribution in [1.29, 1.82) is 0 Å². The van der Waals surface area contributed by atoms with Crippen LogP contribution in [-0.4, -0.2) is 21.1 Å². The minimum Gasteiger partial charge on any atom is -0.295 e. The Hall–Kier alpha value is -0.290. The molecule has 1 aromatic rings. The summed E-state index contributed by atoms with van der Waals surface area (Å²) in [6.07, 6.45) is 0. The number of hydrogen-bond donors (Lipinski definition) is 0. The Morgan fingerprint density at radius 3 is 2.73 bits per heavy atom. The number of halogens is 1. The third-order valence-electron chi connectivity index (χ3n) is 2.20. The quantitative estimate of drug-likeness (QED) is 0.799. The zero-order valence-electron chi connectivity index (χ0n) is 9.21. The number of hydrogen-bond acceptors (Lipinski definition) is 3. The van der Waals surface area contributed by atoms with E-state index < -0.39 is 0 Å². The number of nitrogens with zero attached hydrogens (tertiary/aromatic N) is 2. The maximum Gasteiger partial charge on any atom is 0.348 e. The molecule has 3 nitrogen and oxygen atoms in total. The predicted molar refractivity (Wildman–Crippen MR) is 68.7 cm³/mol. The van der Waals surface area contributed by atoms with E-state index in [2.05, 4.69) is 27.8 Å². The van der Waals surface area contributed by atoms with Gasteiger partial charge in [-0.05, 0) is 35.5 Å². The molecule has 1 aromatic heterocycles. The fourth-order valence-corrected chi connectivity index (χ4v) is 2.24. The lowest BCUT2D eigenvalue weighted by atomic mass is 10.3. The maximum atomic E-state index is 11.6. The first-order valence-electron chi connectivity index (χ1n) is 4.89. The smallest absolute Gasteiger partial charge is 0.295 e. The first-order chi connectivity index (χ1) is 7.07. The van der Waals surface area contributed by atoms with Gasteiger partial charge in [0.1, 0.15) is 0 Å². The van der Waals surface area contributed by atoms with Crippen LogP contribution in [-0.2, 0) is 6.54 Å². The summed E-state index contributed by atoms with van der Waals surface area (Å²) in [5.41, 5.74) is 1.58. The fraction of sp³-hybridized carbons (Fsp3) is 0.600. The molecule has 1 heterocycles. The Morgan fingerprint density at radius 2 is 2.13 bits per heavy atom. The molecule has 0 aliphatic rings. The number of rotatable bonds is 4. The standard InChI is InChI=1S/C10H15BrN2OS/c1-4-15-6-5-13-8(3)9(11)7(2)12-10(13)14/h4-6H2,1-3H3. The van der Waals surface area contributed by atoms with Crippen LogP contribution in [0.15, 0.2) is 9.27 Å². The molecule has 0 saturated carbocycles. The predicted octanol–water partition coefficient (Wildman–Crippen LogP) is 2.38. The van der Waals surface area contributed by atoms with Gasteiger partial charge in [-0.1, -0.05) is 6.92 Å². The summed E-state index contributed by atoms with van der Waals surface area (Å²) in [5.74, 6) is 2.03. The Labute approximate surface area is 102 Å². The van der Waals surface area contributed by atoms with Crippen LogP contribution < -0.4 is 5.69 Å². The zero-order chi connectivity index (χ0) is 11.4. The summed E-state index contributed by atoms with van der Waals surface area (Å²) in [7, 11) is 0. The van der Waals surface area contributed by atoms with E-state index in [0.29, 0.717) is 0 Å². The van der Waals surface area contributed by atoms with Crippen molar-refractivity contribution in [3.8, 4) is 0 Å². The van der Waals surface area contributed by atoms with Crippen LogP contribution in [0, 0.1) is 13.8 Å². The minimum atomic E-state index is -0.148. The number of aromatic nitrogens is 2. The molecule has 15 heavy (non-hydrogen) atoms. The zero-order valence-corrected chi connectivity index (χ0v) is 11.6. The van der Waals surface area contributed by atoms with Gasteiger partial charge in [-0.25, -0.2) is 4.79 Å². The van der Waals surface area contributed by atoms with Crippen LogP contribution in [0.3, 0.4) is 0 Å².